The van der Waals surface area contributed by atoms with Crippen LogP contribution in [0.25, 0.3) is 0 Å². The maximum Gasteiger partial charge on any atom is 0.339 e. The summed E-state index contributed by atoms with van der Waals surface area (Å²) in [5, 5.41) is 8.85. The number of benzene rings is 1. The Balaban J connectivity index is 3.38. The minimum Gasteiger partial charge on any atom is -0.495 e. The molecule has 0 amide bonds. The van der Waals surface area contributed by atoms with Crippen molar-refractivity contribution < 1.29 is 14.6 Å². The van der Waals surface area contributed by atoms with E-state index >= 15 is 0 Å². The maximum atomic E-state index is 10.7. The second-order valence-corrected chi connectivity index (χ2v) is 2.75. The first-order valence-electron chi connectivity index (χ1n) is 3.43. The quantitative estimate of drug-likeness (QED) is 0.714. The van der Waals surface area contributed by atoms with E-state index in [0.717, 1.165) is 0 Å². The van der Waals surface area contributed by atoms with Crippen LogP contribution >= 0.6 is 11.6 Å². The molecule has 5 heteroatoms. The van der Waals surface area contributed by atoms with E-state index in [-0.39, 0.29) is 16.3 Å². The Hall–Kier alpha value is -1.42. The van der Waals surface area contributed by atoms with Crippen LogP contribution in [0.2, 0.25) is 5.02 Å². The van der Waals surface area contributed by atoms with Gasteiger partial charge in [-0.1, -0.05) is 11.6 Å². The molecule has 1 aromatic carbocycles. The number of halogens is 1. The van der Waals surface area contributed by atoms with Crippen LogP contribution in [0.1, 0.15) is 10.4 Å². The molecule has 0 radical (unpaired) electrons. The van der Waals surface area contributed by atoms with Crippen LogP contribution in [0, 0.1) is 0 Å². The van der Waals surface area contributed by atoms with E-state index in [0.29, 0.717) is 5.75 Å². The summed E-state index contributed by atoms with van der Waals surface area (Å²) in [5.74, 6) is -0.858. The number of nitrogen functional groups attached to an aromatic ring is 1. The van der Waals surface area contributed by atoms with Crippen molar-refractivity contribution in [1.82, 2.24) is 0 Å². The largest absolute Gasteiger partial charge is 0.495 e. The van der Waals surface area contributed by atoms with Crippen LogP contribution in [0.4, 0.5) is 5.69 Å². The highest BCUT2D eigenvalue weighted by Gasteiger charge is 2.16. The van der Waals surface area contributed by atoms with Gasteiger partial charge in [0.2, 0.25) is 0 Å². The van der Waals surface area contributed by atoms with E-state index in [9.17, 15) is 4.79 Å². The third-order valence-corrected chi connectivity index (χ3v) is 1.90. The van der Waals surface area contributed by atoms with Gasteiger partial charge in [0.1, 0.15) is 11.3 Å². The molecule has 0 aliphatic heterocycles. The fourth-order valence-corrected chi connectivity index (χ4v) is 1.21. The number of methoxy groups -OCH3 is 1. The Kier molecular flexibility index (Phi) is 2.63. The molecule has 0 fully saturated rings. The second kappa shape index (κ2) is 3.53. The van der Waals surface area contributed by atoms with Gasteiger partial charge in [-0.3, -0.25) is 0 Å². The number of hydrogen-bond donors (Lipinski definition) is 2. The number of carboxylic acid groups (broad SMARTS) is 1. The van der Waals surface area contributed by atoms with E-state index in [1.54, 1.807) is 0 Å². The summed E-state index contributed by atoms with van der Waals surface area (Å²) in [4.78, 5) is 10.7. The molecule has 0 unspecified atom stereocenters. The summed E-state index contributed by atoms with van der Waals surface area (Å²) >= 11 is 5.64. The monoisotopic (exact) mass is 201 g/mol. The molecule has 1 rings (SSSR count). The first kappa shape index (κ1) is 9.67. The minimum atomic E-state index is -1.17. The van der Waals surface area contributed by atoms with E-state index in [4.69, 9.17) is 27.2 Å². The van der Waals surface area contributed by atoms with Crippen molar-refractivity contribution in [3.05, 3.63) is 22.7 Å². The van der Waals surface area contributed by atoms with Crippen molar-refractivity contribution in [3.8, 4) is 5.75 Å². The Bertz CT molecular complexity index is 351. The molecule has 0 aliphatic rings. The van der Waals surface area contributed by atoms with Crippen molar-refractivity contribution in [3.63, 3.8) is 0 Å². The number of hydrogen-bond acceptors (Lipinski definition) is 3. The number of carboxylic acids is 1. The molecule has 0 bridgehead atoms. The van der Waals surface area contributed by atoms with Gasteiger partial charge in [-0.05, 0) is 12.1 Å². The summed E-state index contributed by atoms with van der Waals surface area (Å²) in [6.07, 6.45) is 0. The van der Waals surface area contributed by atoms with Crippen molar-refractivity contribution in [1.29, 1.82) is 0 Å². The van der Waals surface area contributed by atoms with Gasteiger partial charge in [-0.25, -0.2) is 4.79 Å². The lowest BCUT2D eigenvalue weighted by molar-refractivity contribution is 0.0698. The molecule has 4 nitrogen and oxygen atoms in total. The first-order chi connectivity index (χ1) is 6.07. The van der Waals surface area contributed by atoms with Gasteiger partial charge in [0, 0.05) is 0 Å². The van der Waals surface area contributed by atoms with Gasteiger partial charge in [0.25, 0.3) is 0 Å². The number of carbonyl (C=O) groups is 1. The molecule has 13 heavy (non-hydrogen) atoms. The van der Waals surface area contributed by atoms with Crippen LogP contribution in [0.15, 0.2) is 12.1 Å². The summed E-state index contributed by atoms with van der Waals surface area (Å²) in [5.41, 5.74) is 5.43. The highest BCUT2D eigenvalue weighted by atomic mass is 35.5. The summed E-state index contributed by atoms with van der Waals surface area (Å²) in [6, 6.07) is 2.95. The lowest BCUT2D eigenvalue weighted by atomic mass is 10.1. The smallest absolute Gasteiger partial charge is 0.339 e. The Morgan fingerprint density at radius 3 is 2.69 bits per heavy atom. The second-order valence-electron chi connectivity index (χ2n) is 2.34. The first-order valence-corrected chi connectivity index (χ1v) is 3.81. The van der Waals surface area contributed by atoms with E-state index < -0.39 is 5.97 Å². The van der Waals surface area contributed by atoms with Crippen molar-refractivity contribution in [2.24, 2.45) is 0 Å². The Morgan fingerprint density at radius 1 is 1.62 bits per heavy atom. The average molecular weight is 202 g/mol. The topological polar surface area (TPSA) is 72.5 Å². The lowest BCUT2D eigenvalue weighted by Crippen LogP contribution is -2.05. The maximum absolute atomic E-state index is 10.7. The summed E-state index contributed by atoms with van der Waals surface area (Å²) in [7, 11) is 1.41. The van der Waals surface area contributed by atoms with Crippen molar-refractivity contribution >= 4 is 23.3 Å². The standard InChI is InChI=1S/C8H8ClNO3/c1-13-5-3-2-4(9)6(7(5)10)8(11)12/h2-3H,10H2,1H3,(H,11,12). The fourth-order valence-electron chi connectivity index (χ4n) is 0.969. The number of nitrogens with two attached hydrogens (primary N) is 1. The van der Waals surface area contributed by atoms with Crippen LogP contribution in [-0.4, -0.2) is 18.2 Å². The van der Waals surface area contributed by atoms with Crippen LogP contribution in [0.5, 0.6) is 5.75 Å². The molecule has 0 saturated heterocycles. The van der Waals surface area contributed by atoms with Gasteiger partial charge >= 0.3 is 5.97 Å². The zero-order valence-electron chi connectivity index (χ0n) is 6.87. The van der Waals surface area contributed by atoms with Gasteiger partial charge in [-0.2, -0.15) is 0 Å². The molecule has 0 saturated carbocycles. The molecule has 0 aliphatic carbocycles. The van der Waals surface area contributed by atoms with E-state index in [2.05, 4.69) is 0 Å². The molecule has 0 atom stereocenters. The van der Waals surface area contributed by atoms with Gasteiger partial charge in [0.05, 0.1) is 17.8 Å². The SMILES string of the molecule is COc1ccc(Cl)c(C(=O)O)c1N. The molecular formula is C8H8ClNO3. The number of aromatic carboxylic acids is 1. The Labute approximate surface area is 79.9 Å². The Morgan fingerprint density at radius 2 is 2.23 bits per heavy atom. The van der Waals surface area contributed by atoms with E-state index in [1.807, 2.05) is 0 Å². The van der Waals surface area contributed by atoms with Crippen molar-refractivity contribution in [2.45, 2.75) is 0 Å². The third kappa shape index (κ3) is 1.67. The number of anilines is 1. The molecule has 0 aromatic heterocycles. The molecule has 0 heterocycles. The molecule has 70 valence electrons. The fraction of sp³-hybridized carbons (Fsp3) is 0.125. The van der Waals surface area contributed by atoms with Gasteiger partial charge in [-0.15, -0.1) is 0 Å². The zero-order valence-corrected chi connectivity index (χ0v) is 7.63. The van der Waals surface area contributed by atoms with Crippen LogP contribution in [-0.2, 0) is 0 Å². The van der Waals surface area contributed by atoms with Crippen LogP contribution < -0.4 is 10.5 Å². The molecular weight excluding hydrogens is 194 g/mol. The minimum absolute atomic E-state index is 0.0440. The van der Waals surface area contributed by atoms with Crippen LogP contribution in [0.3, 0.4) is 0 Å². The van der Waals surface area contributed by atoms with Gasteiger partial charge in [0.15, 0.2) is 0 Å². The zero-order chi connectivity index (χ0) is 10.0. The lowest BCUT2D eigenvalue weighted by Gasteiger charge is -2.07. The molecule has 1 aromatic rings. The summed E-state index contributed by atoms with van der Waals surface area (Å²) < 4.78 is 4.84. The highest BCUT2D eigenvalue weighted by Crippen LogP contribution is 2.30. The van der Waals surface area contributed by atoms with E-state index in [1.165, 1.54) is 19.2 Å². The number of rotatable bonds is 2. The summed E-state index contributed by atoms with van der Waals surface area (Å²) in [6.45, 7) is 0. The predicted molar refractivity (Wildman–Crippen MR) is 49.4 cm³/mol. The number of ether oxygens (including phenoxy) is 1. The molecule has 3 N–H and O–H groups in total. The third-order valence-electron chi connectivity index (χ3n) is 1.59. The predicted octanol–water partition coefficient (Wildman–Crippen LogP) is 1.63. The molecule has 0 spiro atoms. The normalized spacial score (nSPS) is 9.69. The average Bonchev–Trinajstić information content (AvgIpc) is 2.04. The highest BCUT2D eigenvalue weighted by molar-refractivity contribution is 6.34. The van der Waals surface area contributed by atoms with Crippen molar-refractivity contribution in [2.75, 3.05) is 12.8 Å². The van der Waals surface area contributed by atoms with Gasteiger partial charge < -0.3 is 15.6 Å².